The highest BCUT2D eigenvalue weighted by Gasteiger charge is 2.22. The highest BCUT2D eigenvalue weighted by atomic mass is 79.9. The van der Waals surface area contributed by atoms with Crippen molar-refractivity contribution in [2.75, 3.05) is 5.33 Å². The van der Waals surface area contributed by atoms with Gasteiger partial charge in [0.25, 0.3) is 0 Å². The van der Waals surface area contributed by atoms with Gasteiger partial charge in [0, 0.05) is 22.3 Å². The van der Waals surface area contributed by atoms with Crippen LogP contribution in [0, 0.1) is 0 Å². The summed E-state index contributed by atoms with van der Waals surface area (Å²) >= 11 is 9.41. The normalized spacial score (nSPS) is 20.4. The first kappa shape index (κ1) is 9.99. The number of hydrogen-bond donors (Lipinski definition) is 0. The molecule has 0 fully saturated rings. The van der Waals surface area contributed by atoms with Crippen molar-refractivity contribution in [1.82, 2.24) is 0 Å². The Bertz CT molecular complexity index is 367. The fourth-order valence-corrected chi connectivity index (χ4v) is 1.96. The van der Waals surface area contributed by atoms with Crippen LogP contribution in [0.25, 0.3) is 0 Å². The van der Waals surface area contributed by atoms with Crippen LogP contribution in [-0.4, -0.2) is 17.1 Å². The van der Waals surface area contributed by atoms with Crippen LogP contribution in [0.15, 0.2) is 29.4 Å². The molecule has 1 aliphatic heterocycles. The van der Waals surface area contributed by atoms with Gasteiger partial charge in [-0.3, -0.25) is 0 Å². The number of alkyl halides is 1. The summed E-state index contributed by atoms with van der Waals surface area (Å²) in [5.41, 5.74) is 1.90. The molecule has 0 aliphatic carbocycles. The molecule has 0 amide bonds. The summed E-state index contributed by atoms with van der Waals surface area (Å²) in [4.78, 5) is 5.21. The second-order valence-electron chi connectivity index (χ2n) is 3.10. The molecule has 1 atom stereocenters. The van der Waals surface area contributed by atoms with E-state index in [1.54, 1.807) is 0 Å². The number of oxime groups is 1. The van der Waals surface area contributed by atoms with E-state index in [4.69, 9.17) is 16.4 Å². The molecule has 2 rings (SSSR count). The SMILES string of the molecule is Clc1ccccc1C1=NOC(CBr)C1. The fraction of sp³-hybridized carbons (Fsp3) is 0.300. The molecule has 0 saturated heterocycles. The van der Waals surface area contributed by atoms with Crippen molar-refractivity contribution in [3.8, 4) is 0 Å². The average Bonchev–Trinajstić information content (AvgIpc) is 2.67. The van der Waals surface area contributed by atoms with Gasteiger partial charge in [-0.1, -0.05) is 50.9 Å². The van der Waals surface area contributed by atoms with Gasteiger partial charge in [0.15, 0.2) is 0 Å². The molecule has 1 aliphatic rings. The average molecular weight is 275 g/mol. The Hall–Kier alpha value is -0.540. The molecule has 0 aromatic heterocycles. The number of hydrogen-bond acceptors (Lipinski definition) is 2. The van der Waals surface area contributed by atoms with Crippen molar-refractivity contribution < 1.29 is 4.84 Å². The summed E-state index contributed by atoms with van der Waals surface area (Å²) in [6, 6.07) is 7.68. The Morgan fingerprint density at radius 3 is 2.93 bits per heavy atom. The third-order valence-electron chi connectivity index (χ3n) is 2.09. The topological polar surface area (TPSA) is 21.6 Å². The van der Waals surface area contributed by atoms with Gasteiger partial charge in [-0.05, 0) is 6.07 Å². The van der Waals surface area contributed by atoms with E-state index in [1.807, 2.05) is 24.3 Å². The first-order valence-corrected chi connectivity index (χ1v) is 5.84. The van der Waals surface area contributed by atoms with Crippen molar-refractivity contribution in [2.45, 2.75) is 12.5 Å². The van der Waals surface area contributed by atoms with Crippen molar-refractivity contribution >= 4 is 33.2 Å². The number of halogens is 2. The Labute approximate surface area is 96.0 Å². The lowest BCUT2D eigenvalue weighted by molar-refractivity contribution is 0.104. The highest BCUT2D eigenvalue weighted by Crippen LogP contribution is 2.23. The second kappa shape index (κ2) is 4.32. The van der Waals surface area contributed by atoms with E-state index in [0.717, 1.165) is 28.0 Å². The van der Waals surface area contributed by atoms with Crippen molar-refractivity contribution in [3.05, 3.63) is 34.9 Å². The minimum atomic E-state index is 0.140. The van der Waals surface area contributed by atoms with Gasteiger partial charge in [-0.15, -0.1) is 0 Å². The molecule has 1 heterocycles. The van der Waals surface area contributed by atoms with Gasteiger partial charge in [-0.25, -0.2) is 0 Å². The molecule has 2 nitrogen and oxygen atoms in total. The summed E-state index contributed by atoms with van der Waals surface area (Å²) in [5, 5.41) is 5.54. The minimum absolute atomic E-state index is 0.140. The number of benzene rings is 1. The van der Waals surface area contributed by atoms with Crippen LogP contribution in [0.4, 0.5) is 0 Å². The minimum Gasteiger partial charge on any atom is -0.391 e. The van der Waals surface area contributed by atoms with E-state index in [-0.39, 0.29) is 6.10 Å². The van der Waals surface area contributed by atoms with Crippen LogP contribution >= 0.6 is 27.5 Å². The third kappa shape index (κ3) is 1.93. The molecule has 0 N–H and O–H groups in total. The lowest BCUT2D eigenvalue weighted by Gasteiger charge is -2.02. The van der Waals surface area contributed by atoms with Crippen molar-refractivity contribution in [3.63, 3.8) is 0 Å². The molecule has 14 heavy (non-hydrogen) atoms. The molecular formula is C10H9BrClNO. The van der Waals surface area contributed by atoms with Crippen LogP contribution < -0.4 is 0 Å². The van der Waals surface area contributed by atoms with Gasteiger partial charge < -0.3 is 4.84 Å². The van der Waals surface area contributed by atoms with Crippen molar-refractivity contribution in [2.24, 2.45) is 5.16 Å². The van der Waals surface area contributed by atoms with E-state index in [2.05, 4.69) is 21.1 Å². The fourth-order valence-electron chi connectivity index (χ4n) is 1.37. The predicted molar refractivity (Wildman–Crippen MR) is 61.3 cm³/mol. The van der Waals surface area contributed by atoms with E-state index >= 15 is 0 Å². The molecule has 4 heteroatoms. The highest BCUT2D eigenvalue weighted by molar-refractivity contribution is 9.09. The zero-order chi connectivity index (χ0) is 9.97. The van der Waals surface area contributed by atoms with Crippen LogP contribution in [0.1, 0.15) is 12.0 Å². The summed E-state index contributed by atoms with van der Waals surface area (Å²) in [6.45, 7) is 0. The zero-order valence-electron chi connectivity index (χ0n) is 7.41. The molecule has 1 aromatic rings. The first-order chi connectivity index (χ1) is 6.81. The van der Waals surface area contributed by atoms with E-state index in [9.17, 15) is 0 Å². The summed E-state index contributed by atoms with van der Waals surface area (Å²) in [7, 11) is 0. The molecule has 1 unspecified atom stereocenters. The van der Waals surface area contributed by atoms with E-state index in [1.165, 1.54) is 0 Å². The van der Waals surface area contributed by atoms with Gasteiger partial charge in [0.2, 0.25) is 0 Å². The molecule has 0 saturated carbocycles. The molecule has 0 radical (unpaired) electrons. The number of nitrogens with zero attached hydrogens (tertiary/aromatic N) is 1. The first-order valence-electron chi connectivity index (χ1n) is 4.35. The maximum Gasteiger partial charge on any atom is 0.142 e. The van der Waals surface area contributed by atoms with Crippen LogP contribution in [-0.2, 0) is 4.84 Å². The van der Waals surface area contributed by atoms with Gasteiger partial charge in [-0.2, -0.15) is 0 Å². The number of rotatable bonds is 2. The van der Waals surface area contributed by atoms with E-state index < -0.39 is 0 Å². The second-order valence-corrected chi connectivity index (χ2v) is 4.16. The van der Waals surface area contributed by atoms with E-state index in [0.29, 0.717) is 0 Å². The quantitative estimate of drug-likeness (QED) is 0.759. The predicted octanol–water partition coefficient (Wildman–Crippen LogP) is 3.23. The third-order valence-corrected chi connectivity index (χ3v) is 3.14. The van der Waals surface area contributed by atoms with Crippen LogP contribution in [0.2, 0.25) is 5.02 Å². The zero-order valence-corrected chi connectivity index (χ0v) is 9.75. The lowest BCUT2D eigenvalue weighted by Crippen LogP contribution is -2.09. The standard InChI is InChI=1S/C10H9BrClNO/c11-6-7-5-10(13-14-7)8-3-1-2-4-9(8)12/h1-4,7H,5-6H2. The van der Waals surface area contributed by atoms with Crippen LogP contribution in [0.5, 0.6) is 0 Å². The summed E-state index contributed by atoms with van der Waals surface area (Å²) in [5.74, 6) is 0. The summed E-state index contributed by atoms with van der Waals surface area (Å²) < 4.78 is 0. The van der Waals surface area contributed by atoms with Gasteiger partial charge >= 0.3 is 0 Å². The summed E-state index contributed by atoms with van der Waals surface area (Å²) in [6.07, 6.45) is 0.955. The Kier molecular flexibility index (Phi) is 3.08. The van der Waals surface area contributed by atoms with Crippen LogP contribution in [0.3, 0.4) is 0 Å². The van der Waals surface area contributed by atoms with Crippen molar-refractivity contribution in [1.29, 1.82) is 0 Å². The Morgan fingerprint density at radius 1 is 1.50 bits per heavy atom. The maximum atomic E-state index is 6.05. The lowest BCUT2D eigenvalue weighted by atomic mass is 10.1. The monoisotopic (exact) mass is 273 g/mol. The molecular weight excluding hydrogens is 265 g/mol. The molecule has 1 aromatic carbocycles. The largest absolute Gasteiger partial charge is 0.391 e. The Morgan fingerprint density at radius 2 is 2.29 bits per heavy atom. The van der Waals surface area contributed by atoms with Gasteiger partial charge in [0.1, 0.15) is 6.10 Å². The van der Waals surface area contributed by atoms with Gasteiger partial charge in [0.05, 0.1) is 5.71 Å². The Balaban J connectivity index is 2.22. The molecule has 0 spiro atoms. The molecule has 0 bridgehead atoms. The molecule has 74 valence electrons. The smallest absolute Gasteiger partial charge is 0.142 e. The maximum absolute atomic E-state index is 6.05.